The molecule has 0 spiro atoms. The minimum Gasteiger partial charge on any atom is -0.469 e. The van der Waals surface area contributed by atoms with Gasteiger partial charge in [-0.15, -0.1) is 0 Å². The lowest BCUT2D eigenvalue weighted by Crippen LogP contribution is -2.52. The third-order valence-electron chi connectivity index (χ3n) is 9.86. The molecule has 0 radical (unpaired) electrons. The van der Waals surface area contributed by atoms with Crippen LogP contribution in [0.4, 0.5) is 0 Å². The van der Waals surface area contributed by atoms with Gasteiger partial charge in [-0.3, -0.25) is 4.79 Å². The van der Waals surface area contributed by atoms with Crippen LogP contribution in [-0.4, -0.2) is 24.3 Å². The summed E-state index contributed by atoms with van der Waals surface area (Å²) in [6.07, 6.45) is 15.1. The Morgan fingerprint density at radius 1 is 1.21 bits per heavy atom. The van der Waals surface area contributed by atoms with Crippen molar-refractivity contribution in [2.45, 2.75) is 84.7 Å². The van der Waals surface area contributed by atoms with Gasteiger partial charge in [0.2, 0.25) is 0 Å². The number of esters is 1. The van der Waals surface area contributed by atoms with Crippen molar-refractivity contribution in [3.63, 3.8) is 0 Å². The third kappa shape index (κ3) is 3.16. The van der Waals surface area contributed by atoms with Gasteiger partial charge in [0.15, 0.2) is 0 Å². The zero-order valence-corrected chi connectivity index (χ0v) is 18.3. The second-order valence-corrected chi connectivity index (χ2v) is 11.0. The molecule has 158 valence electrons. The summed E-state index contributed by atoms with van der Waals surface area (Å²) in [7, 11) is 1.49. The van der Waals surface area contributed by atoms with Gasteiger partial charge < -0.3 is 9.84 Å². The highest BCUT2D eigenvalue weighted by Crippen LogP contribution is 2.66. The van der Waals surface area contributed by atoms with Crippen molar-refractivity contribution in [3.05, 3.63) is 12.2 Å². The zero-order chi connectivity index (χ0) is 20.1. The van der Waals surface area contributed by atoms with Gasteiger partial charge in [0.1, 0.15) is 0 Å². The van der Waals surface area contributed by atoms with Gasteiger partial charge >= 0.3 is 5.97 Å². The van der Waals surface area contributed by atoms with E-state index in [-0.39, 0.29) is 17.5 Å². The first kappa shape index (κ1) is 20.4. The molecule has 0 bridgehead atoms. The van der Waals surface area contributed by atoms with Crippen LogP contribution in [0.2, 0.25) is 0 Å². The van der Waals surface area contributed by atoms with E-state index in [1.165, 1.54) is 39.2 Å². The molecule has 3 heteroatoms. The molecule has 28 heavy (non-hydrogen) atoms. The number of rotatable bonds is 4. The first-order chi connectivity index (χ1) is 13.3. The molecule has 0 aromatic carbocycles. The molecule has 3 saturated carbocycles. The zero-order valence-electron chi connectivity index (χ0n) is 18.3. The molecular weight excluding hydrogens is 348 g/mol. The van der Waals surface area contributed by atoms with E-state index in [2.05, 4.69) is 32.9 Å². The number of aliphatic hydroxyl groups is 1. The average molecular weight is 389 g/mol. The van der Waals surface area contributed by atoms with Crippen LogP contribution in [0.1, 0.15) is 78.6 Å². The normalized spacial score (nSPS) is 48.3. The lowest BCUT2D eigenvalue weighted by atomic mass is 9.46. The summed E-state index contributed by atoms with van der Waals surface area (Å²) >= 11 is 0. The largest absolute Gasteiger partial charge is 0.469 e. The molecule has 0 saturated heterocycles. The van der Waals surface area contributed by atoms with Gasteiger partial charge in [0, 0.05) is 6.42 Å². The van der Waals surface area contributed by atoms with E-state index in [0.717, 1.165) is 31.1 Å². The number of carbonyl (C=O) groups excluding carboxylic acids is 1. The molecule has 3 nitrogen and oxygen atoms in total. The van der Waals surface area contributed by atoms with Crippen LogP contribution in [0.15, 0.2) is 12.2 Å². The average Bonchev–Trinajstić information content (AvgIpc) is 3.03. The second-order valence-electron chi connectivity index (χ2n) is 11.0. The van der Waals surface area contributed by atoms with E-state index in [1.807, 2.05) is 0 Å². The lowest BCUT2D eigenvalue weighted by Gasteiger charge is -2.58. The molecule has 0 amide bonds. The molecule has 1 N–H and O–H groups in total. The van der Waals surface area contributed by atoms with Gasteiger partial charge in [-0.1, -0.05) is 32.9 Å². The second kappa shape index (κ2) is 7.45. The number of hydrogen-bond acceptors (Lipinski definition) is 3. The Hall–Kier alpha value is -0.830. The van der Waals surface area contributed by atoms with Crippen LogP contribution < -0.4 is 0 Å². The van der Waals surface area contributed by atoms with Crippen LogP contribution >= 0.6 is 0 Å². The molecule has 0 heterocycles. The van der Waals surface area contributed by atoms with Crippen molar-refractivity contribution >= 4 is 5.97 Å². The summed E-state index contributed by atoms with van der Waals surface area (Å²) in [5.41, 5.74) is 0.669. The molecule has 9 atom stereocenters. The third-order valence-corrected chi connectivity index (χ3v) is 9.86. The molecule has 4 rings (SSSR count). The Morgan fingerprint density at radius 2 is 2.00 bits per heavy atom. The molecule has 4 aliphatic carbocycles. The molecule has 0 aromatic heterocycles. The highest BCUT2D eigenvalue weighted by atomic mass is 16.5. The summed E-state index contributed by atoms with van der Waals surface area (Å²) < 4.78 is 4.86. The van der Waals surface area contributed by atoms with E-state index < -0.39 is 0 Å². The van der Waals surface area contributed by atoms with Gasteiger partial charge in [0.05, 0.1) is 13.2 Å². The Balaban J connectivity index is 1.53. The predicted octanol–water partition coefficient (Wildman–Crippen LogP) is 5.37. The van der Waals surface area contributed by atoms with E-state index >= 15 is 0 Å². The van der Waals surface area contributed by atoms with E-state index in [0.29, 0.717) is 35.5 Å². The van der Waals surface area contributed by atoms with Gasteiger partial charge in [0.25, 0.3) is 0 Å². The maximum atomic E-state index is 11.6. The number of hydrogen-bond donors (Lipinski definition) is 1. The fourth-order valence-corrected chi connectivity index (χ4v) is 8.20. The standard InChI is InChI=1S/C25H40O3/c1-16(5-10-23(27)28-4)20-8-9-21-19-7-6-17-15-18(26)11-13-24(17,2)22(19)12-14-25(20,21)3/h12,14,16-22,26H,5-11,13,15H2,1-4H3/t16-,17-,18-,19+,20-,21+,22+,24-,25-/m0/s1. The summed E-state index contributed by atoms with van der Waals surface area (Å²) in [4.78, 5) is 11.6. The van der Waals surface area contributed by atoms with Crippen molar-refractivity contribution in [1.82, 2.24) is 0 Å². The monoisotopic (exact) mass is 388 g/mol. The van der Waals surface area contributed by atoms with Crippen molar-refractivity contribution < 1.29 is 14.6 Å². The maximum Gasteiger partial charge on any atom is 0.305 e. The fourth-order valence-electron chi connectivity index (χ4n) is 8.20. The lowest BCUT2D eigenvalue weighted by molar-refractivity contribution is -0.141. The number of aliphatic hydroxyl groups excluding tert-OH is 1. The van der Waals surface area contributed by atoms with Crippen LogP contribution in [0.3, 0.4) is 0 Å². The van der Waals surface area contributed by atoms with E-state index in [1.54, 1.807) is 0 Å². The van der Waals surface area contributed by atoms with Gasteiger partial charge in [-0.25, -0.2) is 0 Å². The van der Waals surface area contributed by atoms with Crippen molar-refractivity contribution in [1.29, 1.82) is 0 Å². The van der Waals surface area contributed by atoms with E-state index in [9.17, 15) is 9.90 Å². The molecular formula is C25H40O3. The summed E-state index contributed by atoms with van der Waals surface area (Å²) in [5, 5.41) is 10.2. The molecule has 4 aliphatic rings. The van der Waals surface area contributed by atoms with Crippen molar-refractivity contribution in [3.8, 4) is 0 Å². The maximum absolute atomic E-state index is 11.6. The number of methoxy groups -OCH3 is 1. The predicted molar refractivity (Wildman–Crippen MR) is 112 cm³/mol. The number of carbonyl (C=O) groups is 1. The quantitative estimate of drug-likeness (QED) is 0.520. The molecule has 0 aliphatic heterocycles. The van der Waals surface area contributed by atoms with Gasteiger partial charge in [-0.05, 0) is 97.7 Å². The van der Waals surface area contributed by atoms with Crippen LogP contribution in [0, 0.1) is 46.3 Å². The van der Waals surface area contributed by atoms with Gasteiger partial charge in [-0.2, -0.15) is 0 Å². The topological polar surface area (TPSA) is 46.5 Å². The smallest absolute Gasteiger partial charge is 0.305 e. The fraction of sp³-hybridized carbons (Fsp3) is 0.880. The highest BCUT2D eigenvalue weighted by Gasteiger charge is 2.58. The summed E-state index contributed by atoms with van der Waals surface area (Å²) in [6.45, 7) is 7.39. The highest BCUT2D eigenvalue weighted by molar-refractivity contribution is 5.69. The molecule has 0 unspecified atom stereocenters. The first-order valence-electron chi connectivity index (χ1n) is 11.7. The first-order valence-corrected chi connectivity index (χ1v) is 11.7. The summed E-state index contributed by atoms with van der Waals surface area (Å²) in [5.74, 6) is 4.16. The number of fused-ring (bicyclic) bond motifs is 5. The Bertz CT molecular complexity index is 627. The Morgan fingerprint density at radius 3 is 2.75 bits per heavy atom. The van der Waals surface area contributed by atoms with Crippen molar-refractivity contribution in [2.24, 2.45) is 46.3 Å². The number of ether oxygens (including phenoxy) is 1. The molecule has 0 aromatic rings. The van der Waals surface area contributed by atoms with Crippen LogP contribution in [-0.2, 0) is 9.53 Å². The Kier molecular flexibility index (Phi) is 5.44. The minimum atomic E-state index is -0.0727. The van der Waals surface area contributed by atoms with Crippen LogP contribution in [0.5, 0.6) is 0 Å². The molecule has 3 fully saturated rings. The number of allylic oxidation sites excluding steroid dienone is 2. The SMILES string of the molecule is COC(=O)CC[C@H](C)[C@@H]1CC[C@@H]2[C@H]3CC[C@H]4C[C@@H](O)CC[C@]4(C)[C@@H]3C=C[C@]21C. The minimum absolute atomic E-state index is 0.0704. The summed E-state index contributed by atoms with van der Waals surface area (Å²) in [6, 6.07) is 0. The Labute approximate surface area is 171 Å². The van der Waals surface area contributed by atoms with E-state index in [4.69, 9.17) is 4.74 Å². The van der Waals surface area contributed by atoms with Crippen molar-refractivity contribution in [2.75, 3.05) is 7.11 Å². The van der Waals surface area contributed by atoms with Crippen LogP contribution in [0.25, 0.3) is 0 Å².